The molecule has 0 radical (unpaired) electrons. The predicted octanol–water partition coefficient (Wildman–Crippen LogP) is 4.12. The van der Waals surface area contributed by atoms with E-state index in [4.69, 9.17) is 5.11 Å². The van der Waals surface area contributed by atoms with Crippen molar-refractivity contribution < 1.29 is 14.3 Å². The molecule has 2 nitrogen and oxygen atoms in total. The van der Waals surface area contributed by atoms with Crippen LogP contribution >= 0.6 is 11.8 Å². The lowest BCUT2D eigenvalue weighted by atomic mass is 10.1. The normalized spacial score (nSPS) is 10.4. The van der Waals surface area contributed by atoms with E-state index in [0.717, 1.165) is 21.8 Å². The third-order valence-electron chi connectivity index (χ3n) is 2.74. The van der Waals surface area contributed by atoms with E-state index in [0.29, 0.717) is 5.56 Å². The van der Waals surface area contributed by atoms with Crippen LogP contribution in [-0.2, 0) is 5.75 Å². The summed E-state index contributed by atoms with van der Waals surface area (Å²) in [6, 6.07) is 11.6. The molecule has 2 rings (SSSR count). The van der Waals surface area contributed by atoms with Gasteiger partial charge in [-0.15, -0.1) is 11.8 Å². The first-order valence-corrected chi connectivity index (χ1v) is 6.76. The zero-order valence-electron chi connectivity index (χ0n) is 10.4. The second kappa shape index (κ2) is 5.89. The van der Waals surface area contributed by atoms with Crippen LogP contribution in [0.15, 0.2) is 47.4 Å². The van der Waals surface area contributed by atoms with E-state index in [9.17, 15) is 9.18 Å². The maximum atomic E-state index is 12.8. The predicted molar refractivity (Wildman–Crippen MR) is 74.1 cm³/mol. The number of carbonyl (C=O) groups is 1. The van der Waals surface area contributed by atoms with E-state index in [1.165, 1.54) is 12.1 Å². The average Bonchev–Trinajstić information content (AvgIpc) is 2.37. The van der Waals surface area contributed by atoms with E-state index < -0.39 is 5.97 Å². The number of aryl methyl sites for hydroxylation is 1. The summed E-state index contributed by atoms with van der Waals surface area (Å²) in [5.74, 6) is -0.423. The molecule has 19 heavy (non-hydrogen) atoms. The Morgan fingerprint density at radius 3 is 2.47 bits per heavy atom. The Labute approximate surface area is 115 Å². The molecule has 0 bridgehead atoms. The van der Waals surface area contributed by atoms with Gasteiger partial charge in [0.2, 0.25) is 0 Å². The van der Waals surface area contributed by atoms with Crippen molar-refractivity contribution in [3.8, 4) is 0 Å². The molecule has 2 aromatic carbocycles. The summed E-state index contributed by atoms with van der Waals surface area (Å²) in [5.41, 5.74) is 2.14. The maximum absolute atomic E-state index is 12.8. The number of hydrogen-bond acceptors (Lipinski definition) is 2. The number of carboxylic acids is 1. The van der Waals surface area contributed by atoms with Gasteiger partial charge < -0.3 is 5.11 Å². The quantitative estimate of drug-likeness (QED) is 0.853. The lowest BCUT2D eigenvalue weighted by molar-refractivity contribution is 0.0696. The zero-order chi connectivity index (χ0) is 13.8. The largest absolute Gasteiger partial charge is 0.478 e. The molecule has 1 N–H and O–H groups in total. The highest BCUT2D eigenvalue weighted by atomic mass is 32.2. The summed E-state index contributed by atoms with van der Waals surface area (Å²) in [5, 5.41) is 8.95. The molecular weight excluding hydrogens is 263 g/mol. The number of rotatable bonds is 4. The second-order valence-corrected chi connectivity index (χ2v) is 5.25. The molecule has 0 aromatic heterocycles. The number of thioether (sulfide) groups is 1. The molecule has 0 unspecified atom stereocenters. The number of halogens is 1. The second-order valence-electron chi connectivity index (χ2n) is 4.20. The van der Waals surface area contributed by atoms with Gasteiger partial charge in [-0.1, -0.05) is 12.1 Å². The molecule has 0 spiro atoms. The number of hydrogen-bond donors (Lipinski definition) is 1. The zero-order valence-corrected chi connectivity index (χ0v) is 11.2. The number of benzene rings is 2. The van der Waals surface area contributed by atoms with Crippen molar-refractivity contribution in [3.05, 3.63) is 65.0 Å². The molecule has 0 aliphatic carbocycles. The molecule has 0 heterocycles. The summed E-state index contributed by atoms with van der Waals surface area (Å²) in [6.07, 6.45) is 0. The van der Waals surface area contributed by atoms with Crippen LogP contribution in [0.25, 0.3) is 0 Å². The lowest BCUT2D eigenvalue weighted by Crippen LogP contribution is -1.99. The highest BCUT2D eigenvalue weighted by Crippen LogP contribution is 2.24. The first kappa shape index (κ1) is 13.6. The van der Waals surface area contributed by atoms with Crippen LogP contribution in [0.2, 0.25) is 0 Å². The van der Waals surface area contributed by atoms with Gasteiger partial charge in [-0.2, -0.15) is 0 Å². The molecule has 0 aliphatic rings. The van der Waals surface area contributed by atoms with Crippen LogP contribution in [-0.4, -0.2) is 11.1 Å². The van der Waals surface area contributed by atoms with Gasteiger partial charge in [-0.05, 0) is 48.4 Å². The molecule has 0 amide bonds. The van der Waals surface area contributed by atoms with Crippen LogP contribution in [0, 0.1) is 12.7 Å². The molecule has 2 aromatic rings. The topological polar surface area (TPSA) is 37.3 Å². The minimum atomic E-state index is -0.907. The van der Waals surface area contributed by atoms with Crippen LogP contribution in [0.1, 0.15) is 21.5 Å². The number of aromatic carboxylic acids is 1. The molecule has 0 aliphatic heterocycles. The summed E-state index contributed by atoms with van der Waals surface area (Å²) >= 11 is 1.59. The Balaban J connectivity index is 2.06. The summed E-state index contributed by atoms with van der Waals surface area (Å²) in [7, 11) is 0. The standard InChI is InChI=1S/C15H13FO2S/c1-10-8-11(2-7-14(10)15(17)18)9-19-13-5-3-12(16)4-6-13/h2-8H,9H2,1H3,(H,17,18). The first-order valence-electron chi connectivity index (χ1n) is 5.77. The van der Waals surface area contributed by atoms with Crippen LogP contribution in [0.3, 0.4) is 0 Å². The average molecular weight is 276 g/mol. The van der Waals surface area contributed by atoms with Crippen molar-refractivity contribution in [2.75, 3.05) is 0 Å². The van der Waals surface area contributed by atoms with Crippen LogP contribution < -0.4 is 0 Å². The van der Waals surface area contributed by atoms with E-state index >= 15 is 0 Å². The van der Waals surface area contributed by atoms with E-state index in [2.05, 4.69) is 0 Å². The van der Waals surface area contributed by atoms with Gasteiger partial charge in [0.05, 0.1) is 5.56 Å². The Morgan fingerprint density at radius 2 is 1.89 bits per heavy atom. The maximum Gasteiger partial charge on any atom is 0.335 e. The lowest BCUT2D eigenvalue weighted by Gasteiger charge is -2.05. The van der Waals surface area contributed by atoms with Crippen molar-refractivity contribution in [2.45, 2.75) is 17.6 Å². The minimum Gasteiger partial charge on any atom is -0.478 e. The first-order chi connectivity index (χ1) is 9.06. The smallest absolute Gasteiger partial charge is 0.335 e. The fourth-order valence-corrected chi connectivity index (χ4v) is 2.59. The SMILES string of the molecule is Cc1cc(CSc2ccc(F)cc2)ccc1C(=O)O. The summed E-state index contributed by atoms with van der Waals surface area (Å²) in [4.78, 5) is 11.9. The van der Waals surface area contributed by atoms with Crippen molar-refractivity contribution in [1.82, 2.24) is 0 Å². The molecule has 98 valence electrons. The molecular formula is C15H13FO2S. The van der Waals surface area contributed by atoms with E-state index in [1.807, 2.05) is 12.1 Å². The summed E-state index contributed by atoms with van der Waals surface area (Å²) in [6.45, 7) is 1.79. The van der Waals surface area contributed by atoms with Gasteiger partial charge in [0.15, 0.2) is 0 Å². The molecule has 0 atom stereocenters. The molecule has 4 heteroatoms. The molecule has 0 saturated carbocycles. The number of carboxylic acid groups (broad SMARTS) is 1. The Hall–Kier alpha value is -1.81. The third kappa shape index (κ3) is 3.58. The van der Waals surface area contributed by atoms with Crippen molar-refractivity contribution >= 4 is 17.7 Å². The van der Waals surface area contributed by atoms with Gasteiger partial charge in [0.1, 0.15) is 5.82 Å². The highest BCUT2D eigenvalue weighted by molar-refractivity contribution is 7.98. The van der Waals surface area contributed by atoms with E-state index in [1.54, 1.807) is 36.9 Å². The van der Waals surface area contributed by atoms with Gasteiger partial charge >= 0.3 is 5.97 Å². The van der Waals surface area contributed by atoms with E-state index in [-0.39, 0.29) is 5.82 Å². The van der Waals surface area contributed by atoms with Crippen LogP contribution in [0.5, 0.6) is 0 Å². The van der Waals surface area contributed by atoms with Crippen molar-refractivity contribution in [2.24, 2.45) is 0 Å². The van der Waals surface area contributed by atoms with Crippen LogP contribution in [0.4, 0.5) is 4.39 Å². The van der Waals surface area contributed by atoms with Crippen molar-refractivity contribution in [1.29, 1.82) is 0 Å². The van der Waals surface area contributed by atoms with Gasteiger partial charge in [-0.3, -0.25) is 0 Å². The fraction of sp³-hybridized carbons (Fsp3) is 0.133. The molecule has 0 fully saturated rings. The third-order valence-corrected chi connectivity index (χ3v) is 3.82. The minimum absolute atomic E-state index is 0.244. The Kier molecular flexibility index (Phi) is 4.22. The van der Waals surface area contributed by atoms with Crippen molar-refractivity contribution in [3.63, 3.8) is 0 Å². The highest BCUT2D eigenvalue weighted by Gasteiger charge is 2.07. The van der Waals surface area contributed by atoms with Gasteiger partial charge in [0, 0.05) is 10.6 Å². The molecule has 0 saturated heterocycles. The Morgan fingerprint density at radius 1 is 1.21 bits per heavy atom. The van der Waals surface area contributed by atoms with Gasteiger partial charge in [-0.25, -0.2) is 9.18 Å². The summed E-state index contributed by atoms with van der Waals surface area (Å²) < 4.78 is 12.8. The monoisotopic (exact) mass is 276 g/mol. The van der Waals surface area contributed by atoms with Gasteiger partial charge in [0.25, 0.3) is 0 Å². The Bertz CT molecular complexity index is 594. The fourth-order valence-electron chi connectivity index (χ4n) is 1.75.